The van der Waals surface area contributed by atoms with Gasteiger partial charge in [0.05, 0.1) is 0 Å². The molecule has 1 aliphatic carbocycles. The summed E-state index contributed by atoms with van der Waals surface area (Å²) in [6, 6.07) is 9.74. The van der Waals surface area contributed by atoms with Crippen molar-refractivity contribution in [3.63, 3.8) is 0 Å². The van der Waals surface area contributed by atoms with E-state index in [1.165, 1.54) is 12.2 Å². The zero-order chi connectivity index (χ0) is 12.5. The van der Waals surface area contributed by atoms with Gasteiger partial charge < -0.3 is 21.7 Å². The third-order valence-corrected chi connectivity index (χ3v) is 2.85. The molecule has 0 atom stereocenters. The van der Waals surface area contributed by atoms with Crippen LogP contribution in [0, 0.1) is 0 Å². The van der Waals surface area contributed by atoms with Gasteiger partial charge in [-0.15, -0.1) is 0 Å². The van der Waals surface area contributed by atoms with Gasteiger partial charge in [-0.1, -0.05) is 36.4 Å². The van der Waals surface area contributed by atoms with Crippen LogP contribution in [0.4, 0.5) is 0 Å². The van der Waals surface area contributed by atoms with Gasteiger partial charge in [-0.25, -0.2) is 0 Å². The maximum atomic E-state index is 9.73. The van der Waals surface area contributed by atoms with E-state index in [0.29, 0.717) is 6.42 Å². The van der Waals surface area contributed by atoms with Crippen molar-refractivity contribution in [1.82, 2.24) is 0 Å². The third kappa shape index (κ3) is 2.45. The normalized spacial score (nSPS) is 21.1. The van der Waals surface area contributed by atoms with E-state index in [1.807, 2.05) is 30.3 Å². The molecule has 0 saturated carbocycles. The predicted octanol–water partition coefficient (Wildman–Crippen LogP) is 0.0199. The highest BCUT2D eigenvalue weighted by Crippen LogP contribution is 2.24. The summed E-state index contributed by atoms with van der Waals surface area (Å²) in [6.45, 7) is 0. The maximum Gasteiger partial charge on any atom is 0.219 e. The van der Waals surface area contributed by atoms with Crippen LogP contribution in [0.1, 0.15) is 5.56 Å². The molecule has 0 amide bonds. The predicted molar refractivity (Wildman–Crippen MR) is 65.6 cm³/mol. The summed E-state index contributed by atoms with van der Waals surface area (Å²) in [6.07, 6.45) is 5.03. The van der Waals surface area contributed by atoms with Crippen LogP contribution < -0.4 is 11.5 Å². The second-order valence-corrected chi connectivity index (χ2v) is 4.37. The van der Waals surface area contributed by atoms with Crippen molar-refractivity contribution in [2.45, 2.75) is 17.9 Å². The topological polar surface area (TPSA) is 92.5 Å². The van der Waals surface area contributed by atoms with Gasteiger partial charge in [-0.2, -0.15) is 0 Å². The smallest absolute Gasteiger partial charge is 0.219 e. The number of hydrogen-bond donors (Lipinski definition) is 4. The van der Waals surface area contributed by atoms with Gasteiger partial charge >= 0.3 is 0 Å². The van der Waals surface area contributed by atoms with Crippen LogP contribution in [0.5, 0.6) is 0 Å². The molecule has 1 aromatic rings. The van der Waals surface area contributed by atoms with Gasteiger partial charge in [0.1, 0.15) is 5.66 Å². The van der Waals surface area contributed by atoms with E-state index in [0.717, 1.165) is 11.1 Å². The minimum atomic E-state index is -2.22. The molecule has 1 aromatic carbocycles. The van der Waals surface area contributed by atoms with Gasteiger partial charge in [0.2, 0.25) is 5.79 Å². The molecular weight excluding hydrogens is 216 g/mol. The van der Waals surface area contributed by atoms with Gasteiger partial charge in [-0.3, -0.25) is 0 Å². The molecule has 0 heterocycles. The van der Waals surface area contributed by atoms with E-state index in [9.17, 15) is 10.2 Å². The summed E-state index contributed by atoms with van der Waals surface area (Å²) in [5.41, 5.74) is 11.3. The Balaban J connectivity index is 2.20. The fraction of sp³-hybridized carbons (Fsp3) is 0.231. The van der Waals surface area contributed by atoms with Crippen molar-refractivity contribution >= 4 is 0 Å². The first-order chi connectivity index (χ1) is 7.91. The van der Waals surface area contributed by atoms with E-state index in [1.54, 1.807) is 6.08 Å². The molecule has 0 fully saturated rings. The van der Waals surface area contributed by atoms with E-state index >= 15 is 0 Å². The molecule has 0 aliphatic heterocycles. The van der Waals surface area contributed by atoms with Crippen molar-refractivity contribution in [1.29, 1.82) is 0 Å². The summed E-state index contributed by atoms with van der Waals surface area (Å²) >= 11 is 0. The lowest BCUT2D eigenvalue weighted by molar-refractivity contribution is -0.157. The number of benzene rings is 1. The van der Waals surface area contributed by atoms with E-state index in [2.05, 4.69) is 0 Å². The van der Waals surface area contributed by atoms with Gasteiger partial charge in [-0.05, 0) is 29.7 Å². The van der Waals surface area contributed by atoms with E-state index < -0.39 is 11.4 Å². The highest BCUT2D eigenvalue weighted by atomic mass is 16.5. The molecule has 17 heavy (non-hydrogen) atoms. The van der Waals surface area contributed by atoms with Crippen molar-refractivity contribution in [3.8, 4) is 0 Å². The number of hydrogen-bond acceptors (Lipinski definition) is 4. The summed E-state index contributed by atoms with van der Waals surface area (Å²) in [7, 11) is 0. The molecular formula is C13H16N2O2. The van der Waals surface area contributed by atoms with Crippen LogP contribution in [0.2, 0.25) is 0 Å². The molecule has 2 rings (SSSR count). The molecule has 0 aromatic heterocycles. The van der Waals surface area contributed by atoms with Crippen LogP contribution in [0.3, 0.4) is 0 Å². The van der Waals surface area contributed by atoms with Crippen molar-refractivity contribution in [2.75, 3.05) is 0 Å². The zero-order valence-corrected chi connectivity index (χ0v) is 9.38. The van der Waals surface area contributed by atoms with Gasteiger partial charge in [0.15, 0.2) is 0 Å². The molecule has 4 nitrogen and oxygen atoms in total. The third-order valence-electron chi connectivity index (χ3n) is 2.85. The zero-order valence-electron chi connectivity index (χ0n) is 9.38. The van der Waals surface area contributed by atoms with E-state index in [-0.39, 0.29) is 0 Å². The summed E-state index contributed by atoms with van der Waals surface area (Å²) in [4.78, 5) is 0. The van der Waals surface area contributed by atoms with Crippen LogP contribution in [-0.2, 0) is 6.42 Å². The standard InChI is InChI=1S/C13H16N2O2/c14-12(15)7-6-11(9-13(12,16)17)8-10-4-2-1-3-5-10/h1-7,9,16-17H,8,14-15H2. The molecule has 0 unspecified atom stereocenters. The number of nitrogens with two attached hydrogens (primary N) is 2. The minimum Gasteiger partial charge on any atom is -0.360 e. The lowest BCUT2D eigenvalue weighted by Crippen LogP contribution is -2.66. The average molecular weight is 232 g/mol. The lowest BCUT2D eigenvalue weighted by Gasteiger charge is -2.36. The maximum absolute atomic E-state index is 9.73. The monoisotopic (exact) mass is 232 g/mol. The fourth-order valence-electron chi connectivity index (χ4n) is 1.74. The second-order valence-electron chi connectivity index (χ2n) is 4.37. The van der Waals surface area contributed by atoms with E-state index in [4.69, 9.17) is 11.5 Å². The summed E-state index contributed by atoms with van der Waals surface area (Å²) < 4.78 is 0. The van der Waals surface area contributed by atoms with Crippen molar-refractivity contribution in [3.05, 3.63) is 59.7 Å². The number of aliphatic hydroxyl groups is 2. The Labute approximate surface area is 99.9 Å². The van der Waals surface area contributed by atoms with Crippen LogP contribution in [0.15, 0.2) is 54.1 Å². The lowest BCUT2D eigenvalue weighted by atomic mass is 9.89. The molecule has 0 radical (unpaired) electrons. The van der Waals surface area contributed by atoms with Crippen LogP contribution in [-0.4, -0.2) is 21.7 Å². The molecule has 0 saturated heterocycles. The van der Waals surface area contributed by atoms with Gasteiger partial charge in [0.25, 0.3) is 0 Å². The quantitative estimate of drug-likeness (QED) is 0.541. The SMILES string of the molecule is NC1(N)C=CC(Cc2ccccc2)=CC1(O)O. The Morgan fingerprint density at radius 2 is 1.71 bits per heavy atom. The second kappa shape index (κ2) is 4.09. The Kier molecular flexibility index (Phi) is 2.89. The Morgan fingerprint density at radius 3 is 2.29 bits per heavy atom. The van der Waals surface area contributed by atoms with Crippen molar-refractivity contribution in [2.24, 2.45) is 11.5 Å². The number of allylic oxidation sites excluding steroid dienone is 2. The molecule has 0 bridgehead atoms. The first kappa shape index (κ1) is 12.0. The Hall–Kier alpha value is -1.46. The minimum absolute atomic E-state index is 0.607. The molecule has 0 spiro atoms. The number of rotatable bonds is 2. The largest absolute Gasteiger partial charge is 0.360 e. The molecule has 4 heteroatoms. The van der Waals surface area contributed by atoms with Crippen LogP contribution >= 0.6 is 0 Å². The summed E-state index contributed by atoms with van der Waals surface area (Å²) in [5, 5.41) is 19.5. The highest BCUT2D eigenvalue weighted by molar-refractivity contribution is 5.37. The van der Waals surface area contributed by atoms with Crippen LogP contribution in [0.25, 0.3) is 0 Å². The average Bonchev–Trinajstić information content (AvgIpc) is 2.25. The first-order valence-corrected chi connectivity index (χ1v) is 5.38. The Bertz CT molecular complexity index is 462. The van der Waals surface area contributed by atoms with Gasteiger partial charge in [0, 0.05) is 0 Å². The van der Waals surface area contributed by atoms with Crippen molar-refractivity contribution < 1.29 is 10.2 Å². The highest BCUT2D eigenvalue weighted by Gasteiger charge is 2.41. The molecule has 1 aliphatic rings. The Morgan fingerprint density at radius 1 is 1.06 bits per heavy atom. The molecule has 90 valence electrons. The first-order valence-electron chi connectivity index (χ1n) is 5.38. The summed E-state index contributed by atoms with van der Waals surface area (Å²) in [5.74, 6) is -2.22. The fourth-order valence-corrected chi connectivity index (χ4v) is 1.74. The molecule has 6 N–H and O–H groups in total.